The monoisotopic (exact) mass is 352 g/mol. The Labute approximate surface area is 148 Å². The third kappa shape index (κ3) is 3.58. The van der Waals surface area contributed by atoms with Crippen LogP contribution in [-0.2, 0) is 4.74 Å². The number of thiazole rings is 1. The van der Waals surface area contributed by atoms with Crippen molar-refractivity contribution < 1.29 is 9.53 Å². The van der Waals surface area contributed by atoms with E-state index >= 15 is 0 Å². The highest BCUT2D eigenvalue weighted by molar-refractivity contribution is 7.15. The fourth-order valence-electron chi connectivity index (χ4n) is 3.90. The van der Waals surface area contributed by atoms with Crippen molar-refractivity contribution in [2.75, 3.05) is 32.6 Å². The number of methoxy groups -OCH3 is 1. The molecular weight excluding hydrogens is 324 g/mol. The first-order valence-corrected chi connectivity index (χ1v) is 9.56. The van der Waals surface area contributed by atoms with Gasteiger partial charge in [-0.05, 0) is 39.5 Å². The van der Waals surface area contributed by atoms with Crippen LogP contribution < -0.4 is 5.32 Å². The second kappa shape index (κ2) is 7.37. The quantitative estimate of drug-likeness (QED) is 0.905. The number of likely N-dealkylation sites (tertiary alicyclic amines) is 1. The first kappa shape index (κ1) is 17.6. The number of carbonyl (C=O) groups is 1. The number of anilines is 1. The summed E-state index contributed by atoms with van der Waals surface area (Å²) in [5.74, 6) is 0. The summed E-state index contributed by atoms with van der Waals surface area (Å²) in [6.07, 6.45) is 4.84. The topological polar surface area (TPSA) is 57.7 Å². The maximum Gasteiger partial charge on any atom is 0.323 e. The van der Waals surface area contributed by atoms with E-state index in [0.717, 1.165) is 42.9 Å². The molecule has 1 N–H and O–H groups in total. The Hall–Kier alpha value is -1.18. The molecule has 3 atom stereocenters. The minimum atomic E-state index is -0.0526. The molecule has 1 saturated heterocycles. The molecule has 24 heavy (non-hydrogen) atoms. The zero-order valence-corrected chi connectivity index (χ0v) is 15.9. The van der Waals surface area contributed by atoms with Crippen molar-refractivity contribution in [1.82, 2.24) is 14.8 Å². The molecule has 7 heteroatoms. The number of carbonyl (C=O) groups excluding carboxylic acids is 1. The summed E-state index contributed by atoms with van der Waals surface area (Å²) in [4.78, 5) is 22.6. The minimum absolute atomic E-state index is 0.0526. The van der Waals surface area contributed by atoms with Crippen LogP contribution in [-0.4, -0.2) is 66.2 Å². The normalized spacial score (nSPS) is 27.6. The molecular formula is C17H28N4O2S. The van der Waals surface area contributed by atoms with Gasteiger partial charge in [-0.1, -0.05) is 0 Å². The predicted molar refractivity (Wildman–Crippen MR) is 96.8 cm³/mol. The third-order valence-electron chi connectivity index (χ3n) is 5.48. The van der Waals surface area contributed by atoms with E-state index in [1.165, 1.54) is 17.8 Å². The summed E-state index contributed by atoms with van der Waals surface area (Å²) in [6, 6.07) is 0.659. The van der Waals surface area contributed by atoms with E-state index in [-0.39, 0.29) is 12.1 Å². The predicted octanol–water partition coefficient (Wildman–Crippen LogP) is 2.87. The van der Waals surface area contributed by atoms with E-state index in [9.17, 15) is 4.79 Å². The molecule has 134 valence electrons. The number of hydrogen-bond acceptors (Lipinski definition) is 5. The lowest BCUT2D eigenvalue weighted by Gasteiger charge is -2.35. The highest BCUT2D eigenvalue weighted by atomic mass is 32.1. The summed E-state index contributed by atoms with van der Waals surface area (Å²) in [5, 5.41) is 3.65. The Bertz CT molecular complexity index is 572. The van der Waals surface area contributed by atoms with E-state index in [0.29, 0.717) is 17.3 Å². The molecule has 1 aromatic rings. The van der Waals surface area contributed by atoms with Gasteiger partial charge in [0.1, 0.15) is 0 Å². The van der Waals surface area contributed by atoms with Gasteiger partial charge in [-0.2, -0.15) is 0 Å². The molecule has 2 aliphatic rings. The largest absolute Gasteiger partial charge is 0.380 e. The van der Waals surface area contributed by atoms with Gasteiger partial charge in [-0.15, -0.1) is 11.3 Å². The first-order valence-electron chi connectivity index (χ1n) is 8.74. The van der Waals surface area contributed by atoms with Gasteiger partial charge in [0.15, 0.2) is 5.13 Å². The average molecular weight is 353 g/mol. The number of amides is 2. The number of rotatable bonds is 4. The third-order valence-corrected chi connectivity index (χ3v) is 6.47. The number of aryl methyl sites for hydroxylation is 2. The van der Waals surface area contributed by atoms with Crippen molar-refractivity contribution in [3.05, 3.63) is 10.6 Å². The summed E-state index contributed by atoms with van der Waals surface area (Å²) < 4.78 is 5.50. The standard InChI is InChI=1S/C17H28N4O2S/c1-11-12(2)24-16(18-11)19-17(22)20(3)14-6-5-7-15(14)21-9-8-13(10-21)23-4/h13-15H,5-10H2,1-4H3,(H,18,19,22)/t13?,14-,15+/m0/s1. The summed E-state index contributed by atoms with van der Waals surface area (Å²) in [6.45, 7) is 6.05. The van der Waals surface area contributed by atoms with E-state index in [2.05, 4.69) is 15.2 Å². The van der Waals surface area contributed by atoms with Gasteiger partial charge in [0, 0.05) is 44.2 Å². The zero-order chi connectivity index (χ0) is 17.3. The number of likely N-dealkylation sites (N-methyl/N-ethyl adjacent to an activating group) is 1. The number of ether oxygens (including phenoxy) is 1. The van der Waals surface area contributed by atoms with Crippen molar-refractivity contribution in [1.29, 1.82) is 0 Å². The number of aromatic nitrogens is 1. The molecule has 6 nitrogen and oxygen atoms in total. The Morgan fingerprint density at radius 2 is 2.17 bits per heavy atom. The minimum Gasteiger partial charge on any atom is -0.380 e. The van der Waals surface area contributed by atoms with Gasteiger partial charge in [0.25, 0.3) is 0 Å². The molecule has 1 aromatic heterocycles. The Morgan fingerprint density at radius 3 is 2.79 bits per heavy atom. The highest BCUT2D eigenvalue weighted by Crippen LogP contribution is 2.31. The Morgan fingerprint density at radius 1 is 1.38 bits per heavy atom. The molecule has 2 fully saturated rings. The van der Waals surface area contributed by atoms with Crippen LogP contribution in [0.3, 0.4) is 0 Å². The molecule has 1 unspecified atom stereocenters. The van der Waals surface area contributed by atoms with Crippen molar-refractivity contribution in [2.45, 2.75) is 57.7 Å². The van der Waals surface area contributed by atoms with Gasteiger partial charge in [0.2, 0.25) is 0 Å². The fraction of sp³-hybridized carbons (Fsp3) is 0.765. The molecule has 1 saturated carbocycles. The summed E-state index contributed by atoms with van der Waals surface area (Å²) in [5.41, 5.74) is 0.986. The molecule has 0 aromatic carbocycles. The SMILES string of the molecule is COC1CCN([C@@H]2CCC[C@@H]2N(C)C(=O)Nc2nc(C)c(C)s2)C1. The zero-order valence-electron chi connectivity index (χ0n) is 15.0. The molecule has 1 aliphatic carbocycles. The molecule has 3 rings (SSSR count). The lowest BCUT2D eigenvalue weighted by Crippen LogP contribution is -2.50. The van der Waals surface area contributed by atoms with Gasteiger partial charge in [-0.25, -0.2) is 9.78 Å². The molecule has 2 heterocycles. The van der Waals surface area contributed by atoms with E-state index < -0.39 is 0 Å². The highest BCUT2D eigenvalue weighted by Gasteiger charge is 2.39. The van der Waals surface area contributed by atoms with Crippen molar-refractivity contribution >= 4 is 22.5 Å². The van der Waals surface area contributed by atoms with Crippen LogP contribution in [0.5, 0.6) is 0 Å². The van der Waals surface area contributed by atoms with Crippen LogP contribution in [0.25, 0.3) is 0 Å². The van der Waals surface area contributed by atoms with Crippen LogP contribution in [0.2, 0.25) is 0 Å². The van der Waals surface area contributed by atoms with Crippen LogP contribution in [0.1, 0.15) is 36.3 Å². The van der Waals surface area contributed by atoms with E-state index in [1.807, 2.05) is 25.8 Å². The number of nitrogens with zero attached hydrogens (tertiary/aromatic N) is 3. The molecule has 0 bridgehead atoms. The number of hydrogen-bond donors (Lipinski definition) is 1. The van der Waals surface area contributed by atoms with Gasteiger partial charge >= 0.3 is 6.03 Å². The lowest BCUT2D eigenvalue weighted by atomic mass is 10.1. The smallest absolute Gasteiger partial charge is 0.323 e. The van der Waals surface area contributed by atoms with Gasteiger partial charge in [-0.3, -0.25) is 10.2 Å². The maximum atomic E-state index is 12.6. The maximum absolute atomic E-state index is 12.6. The van der Waals surface area contributed by atoms with Crippen molar-refractivity contribution in [3.8, 4) is 0 Å². The number of nitrogens with one attached hydrogen (secondary N) is 1. The van der Waals surface area contributed by atoms with Crippen molar-refractivity contribution in [3.63, 3.8) is 0 Å². The van der Waals surface area contributed by atoms with Crippen LogP contribution in [0.4, 0.5) is 9.93 Å². The summed E-state index contributed by atoms with van der Waals surface area (Å²) in [7, 11) is 3.70. The molecule has 0 radical (unpaired) electrons. The second-order valence-corrected chi connectivity index (χ2v) is 8.11. The summed E-state index contributed by atoms with van der Waals surface area (Å²) >= 11 is 1.54. The van der Waals surface area contributed by atoms with Gasteiger partial charge in [0.05, 0.1) is 11.8 Å². The van der Waals surface area contributed by atoms with Crippen LogP contribution in [0, 0.1) is 13.8 Å². The first-order chi connectivity index (χ1) is 11.5. The molecule has 1 aliphatic heterocycles. The average Bonchev–Trinajstić information content (AvgIpc) is 3.27. The lowest BCUT2D eigenvalue weighted by molar-refractivity contribution is 0.0907. The van der Waals surface area contributed by atoms with Crippen molar-refractivity contribution in [2.24, 2.45) is 0 Å². The second-order valence-electron chi connectivity index (χ2n) is 6.91. The Balaban J connectivity index is 1.62. The van der Waals surface area contributed by atoms with Crippen LogP contribution >= 0.6 is 11.3 Å². The Kier molecular flexibility index (Phi) is 5.42. The molecule has 2 amide bonds. The van der Waals surface area contributed by atoms with Crippen LogP contribution in [0.15, 0.2) is 0 Å². The van der Waals surface area contributed by atoms with E-state index in [4.69, 9.17) is 4.74 Å². The fourth-order valence-corrected chi connectivity index (χ4v) is 4.71. The number of urea groups is 1. The van der Waals surface area contributed by atoms with Gasteiger partial charge < -0.3 is 9.64 Å². The molecule has 0 spiro atoms. The van der Waals surface area contributed by atoms with E-state index in [1.54, 1.807) is 7.11 Å².